The highest BCUT2D eigenvalue weighted by molar-refractivity contribution is 5.29. The van der Waals surface area contributed by atoms with Gasteiger partial charge in [0.2, 0.25) is 5.95 Å². The van der Waals surface area contributed by atoms with Crippen molar-refractivity contribution in [1.82, 2.24) is 15.3 Å². The second-order valence-electron chi connectivity index (χ2n) is 5.27. The minimum Gasteiger partial charge on any atom is -0.341 e. The Balaban J connectivity index is 1.85. The molecule has 0 atom stereocenters. The topological polar surface area (TPSA) is 41.0 Å². The molecular weight excluding hydrogens is 243 g/mol. The monoisotopic (exact) mass is 266 g/mol. The third-order valence-corrected chi connectivity index (χ3v) is 3.85. The van der Waals surface area contributed by atoms with Crippen LogP contribution >= 0.6 is 0 Å². The molecule has 0 unspecified atom stereocenters. The molecule has 0 radical (unpaired) electrons. The van der Waals surface area contributed by atoms with Crippen LogP contribution in [-0.4, -0.2) is 35.6 Å². The van der Waals surface area contributed by atoms with Gasteiger partial charge >= 0.3 is 0 Å². The van der Waals surface area contributed by atoms with Gasteiger partial charge in [-0.25, -0.2) is 14.4 Å². The number of rotatable bonds is 5. The van der Waals surface area contributed by atoms with Crippen molar-refractivity contribution < 1.29 is 4.39 Å². The molecule has 1 saturated carbocycles. The van der Waals surface area contributed by atoms with Gasteiger partial charge < -0.3 is 10.2 Å². The Hall–Kier alpha value is -1.23. The Morgan fingerprint density at radius 2 is 1.89 bits per heavy atom. The van der Waals surface area contributed by atoms with Crippen molar-refractivity contribution in [3.05, 3.63) is 18.2 Å². The molecule has 0 aliphatic heterocycles. The number of hydrogen-bond donors (Lipinski definition) is 1. The fourth-order valence-electron chi connectivity index (χ4n) is 2.67. The summed E-state index contributed by atoms with van der Waals surface area (Å²) in [5, 5.41) is 3.58. The molecule has 0 amide bonds. The smallest absolute Gasteiger partial charge is 0.225 e. The van der Waals surface area contributed by atoms with Crippen LogP contribution in [0.15, 0.2) is 12.4 Å². The molecule has 1 aromatic rings. The molecule has 0 spiro atoms. The molecule has 5 heteroatoms. The molecule has 106 valence electrons. The maximum atomic E-state index is 12.8. The first-order valence-electron chi connectivity index (χ1n) is 7.14. The van der Waals surface area contributed by atoms with Crippen molar-refractivity contribution in [3.63, 3.8) is 0 Å². The molecule has 1 aliphatic rings. The summed E-state index contributed by atoms with van der Waals surface area (Å²) < 4.78 is 12.8. The maximum absolute atomic E-state index is 12.8. The molecule has 1 fully saturated rings. The molecule has 1 N–H and O–H groups in total. The normalized spacial score (nSPS) is 23.3. The average Bonchev–Trinajstić information content (AvgIpc) is 2.46. The van der Waals surface area contributed by atoms with Crippen LogP contribution in [-0.2, 0) is 0 Å². The van der Waals surface area contributed by atoms with Crippen molar-refractivity contribution in [1.29, 1.82) is 0 Å². The Bertz CT molecular complexity index is 374. The largest absolute Gasteiger partial charge is 0.341 e. The van der Waals surface area contributed by atoms with E-state index in [0.717, 1.165) is 19.4 Å². The van der Waals surface area contributed by atoms with E-state index in [1.54, 1.807) is 0 Å². The van der Waals surface area contributed by atoms with Crippen LogP contribution in [0.5, 0.6) is 0 Å². The Morgan fingerprint density at radius 3 is 2.47 bits per heavy atom. The molecule has 4 nitrogen and oxygen atoms in total. The number of aromatic nitrogens is 2. The number of hydrogen-bond acceptors (Lipinski definition) is 4. The van der Waals surface area contributed by atoms with Crippen LogP contribution in [0.3, 0.4) is 0 Å². The van der Waals surface area contributed by atoms with E-state index in [0.29, 0.717) is 18.0 Å². The summed E-state index contributed by atoms with van der Waals surface area (Å²) in [5.41, 5.74) is 0. The lowest BCUT2D eigenvalue weighted by atomic mass is 9.90. The minimum absolute atomic E-state index is 0.385. The molecular formula is C14H23FN4. The molecule has 1 heterocycles. The average molecular weight is 266 g/mol. The first kappa shape index (κ1) is 14.2. The Morgan fingerprint density at radius 1 is 1.26 bits per heavy atom. The van der Waals surface area contributed by atoms with E-state index in [1.165, 1.54) is 31.7 Å². The van der Waals surface area contributed by atoms with Gasteiger partial charge in [-0.1, -0.05) is 6.92 Å². The Kier molecular flexibility index (Phi) is 5.07. The van der Waals surface area contributed by atoms with Gasteiger partial charge in [-0.3, -0.25) is 0 Å². The van der Waals surface area contributed by atoms with Crippen molar-refractivity contribution in [2.24, 2.45) is 0 Å². The lowest BCUT2D eigenvalue weighted by molar-refractivity contribution is 0.336. The first-order valence-corrected chi connectivity index (χ1v) is 7.14. The third-order valence-electron chi connectivity index (χ3n) is 3.85. The zero-order chi connectivity index (χ0) is 13.7. The molecule has 0 saturated heterocycles. The fraction of sp³-hybridized carbons (Fsp3) is 0.714. The summed E-state index contributed by atoms with van der Waals surface area (Å²) in [6, 6.07) is 1.11. The third kappa shape index (κ3) is 3.86. The zero-order valence-electron chi connectivity index (χ0n) is 11.8. The highest BCUT2D eigenvalue weighted by Crippen LogP contribution is 2.24. The predicted octanol–water partition coefficient (Wildman–Crippen LogP) is 2.36. The molecule has 1 aliphatic carbocycles. The van der Waals surface area contributed by atoms with Crippen molar-refractivity contribution in [2.45, 2.75) is 51.1 Å². The van der Waals surface area contributed by atoms with E-state index in [9.17, 15) is 4.39 Å². The van der Waals surface area contributed by atoms with Gasteiger partial charge in [0, 0.05) is 19.1 Å². The second kappa shape index (κ2) is 6.80. The van der Waals surface area contributed by atoms with Gasteiger partial charge in [0.25, 0.3) is 0 Å². The summed E-state index contributed by atoms with van der Waals surface area (Å²) in [6.07, 6.45) is 8.30. The summed E-state index contributed by atoms with van der Waals surface area (Å²) in [4.78, 5) is 10.2. The maximum Gasteiger partial charge on any atom is 0.225 e. The van der Waals surface area contributed by atoms with E-state index in [1.807, 2.05) is 7.05 Å². The van der Waals surface area contributed by atoms with Gasteiger partial charge in [0.15, 0.2) is 5.82 Å². The zero-order valence-corrected chi connectivity index (χ0v) is 11.8. The van der Waals surface area contributed by atoms with Gasteiger partial charge in [-0.15, -0.1) is 0 Å². The quantitative estimate of drug-likeness (QED) is 0.888. The van der Waals surface area contributed by atoms with Gasteiger partial charge in [-0.05, 0) is 38.6 Å². The van der Waals surface area contributed by atoms with E-state index in [-0.39, 0.29) is 5.82 Å². The van der Waals surface area contributed by atoms with Crippen molar-refractivity contribution in [3.8, 4) is 0 Å². The molecule has 2 rings (SSSR count). The van der Waals surface area contributed by atoms with Gasteiger partial charge in [-0.2, -0.15) is 0 Å². The number of halogens is 1. The van der Waals surface area contributed by atoms with E-state index < -0.39 is 0 Å². The van der Waals surface area contributed by atoms with Gasteiger partial charge in [0.05, 0.1) is 12.4 Å². The highest BCUT2D eigenvalue weighted by atomic mass is 19.1. The summed E-state index contributed by atoms with van der Waals surface area (Å²) in [5.74, 6) is 0.232. The SMILES string of the molecule is CCCNC1CCC(N(C)c2ncc(F)cn2)CC1. The molecule has 19 heavy (non-hydrogen) atoms. The molecule has 1 aromatic heterocycles. The second-order valence-corrected chi connectivity index (χ2v) is 5.27. The predicted molar refractivity (Wildman–Crippen MR) is 74.7 cm³/mol. The van der Waals surface area contributed by atoms with E-state index in [2.05, 4.69) is 27.1 Å². The highest BCUT2D eigenvalue weighted by Gasteiger charge is 2.24. The summed E-state index contributed by atoms with van der Waals surface area (Å²) in [7, 11) is 2.00. The number of nitrogens with zero attached hydrogens (tertiary/aromatic N) is 3. The van der Waals surface area contributed by atoms with Crippen LogP contribution in [0.1, 0.15) is 39.0 Å². The van der Waals surface area contributed by atoms with E-state index >= 15 is 0 Å². The summed E-state index contributed by atoms with van der Waals surface area (Å²) in [6.45, 7) is 3.30. The lowest BCUT2D eigenvalue weighted by Gasteiger charge is -2.35. The number of anilines is 1. The van der Waals surface area contributed by atoms with E-state index in [4.69, 9.17) is 0 Å². The van der Waals surface area contributed by atoms with Crippen LogP contribution in [0.25, 0.3) is 0 Å². The van der Waals surface area contributed by atoms with Gasteiger partial charge in [0.1, 0.15) is 0 Å². The van der Waals surface area contributed by atoms with Crippen LogP contribution in [0, 0.1) is 5.82 Å². The lowest BCUT2D eigenvalue weighted by Crippen LogP contribution is -2.41. The van der Waals surface area contributed by atoms with Crippen LogP contribution < -0.4 is 10.2 Å². The van der Waals surface area contributed by atoms with Crippen LogP contribution in [0.4, 0.5) is 10.3 Å². The Labute approximate surface area is 114 Å². The fourth-order valence-corrected chi connectivity index (χ4v) is 2.67. The molecule has 0 bridgehead atoms. The standard InChI is InChI=1S/C14H23FN4/c1-3-8-16-12-4-6-13(7-5-12)19(2)14-17-9-11(15)10-18-14/h9-10,12-13,16H,3-8H2,1-2H3. The van der Waals surface area contributed by atoms with Crippen molar-refractivity contribution >= 4 is 5.95 Å². The number of nitrogens with one attached hydrogen (secondary N) is 1. The summed E-state index contributed by atoms with van der Waals surface area (Å²) >= 11 is 0. The van der Waals surface area contributed by atoms with Crippen molar-refractivity contribution in [2.75, 3.05) is 18.5 Å². The molecule has 0 aromatic carbocycles. The first-order chi connectivity index (χ1) is 9.20. The van der Waals surface area contributed by atoms with Crippen LogP contribution in [0.2, 0.25) is 0 Å². The minimum atomic E-state index is -0.385.